The molecule has 124 valence electrons. The van der Waals surface area contributed by atoms with E-state index in [9.17, 15) is 23.1 Å². The second-order valence-electron chi connectivity index (χ2n) is 4.70. The van der Waals surface area contributed by atoms with Gasteiger partial charge in [0.15, 0.2) is 0 Å². The Bertz CT molecular complexity index is 703. The predicted octanol–water partition coefficient (Wildman–Crippen LogP) is 4.80. The Kier molecular flexibility index (Phi) is 5.30. The van der Waals surface area contributed by atoms with Gasteiger partial charge in [0.1, 0.15) is 0 Å². The summed E-state index contributed by atoms with van der Waals surface area (Å²) in [6.45, 7) is 0.386. The van der Waals surface area contributed by atoms with Crippen molar-refractivity contribution in [2.45, 2.75) is 27.8 Å². The van der Waals surface area contributed by atoms with E-state index >= 15 is 0 Å². The van der Waals surface area contributed by atoms with E-state index in [-0.39, 0.29) is 10.7 Å². The number of hydrogen-bond acceptors (Lipinski definition) is 4. The molecule has 0 bridgehead atoms. The lowest BCUT2D eigenvalue weighted by Gasteiger charge is -2.25. The van der Waals surface area contributed by atoms with Crippen LogP contribution in [0.25, 0.3) is 0 Å². The molecular formula is C14H11ClF3NO2S2. The fourth-order valence-electron chi connectivity index (χ4n) is 1.47. The molecule has 0 aliphatic heterocycles. The number of amides is 1. The Morgan fingerprint density at radius 1 is 1.35 bits per heavy atom. The highest BCUT2D eigenvalue weighted by atomic mass is 35.5. The molecule has 0 aliphatic carbocycles. The van der Waals surface area contributed by atoms with Gasteiger partial charge in [-0.1, -0.05) is 29.4 Å². The quantitative estimate of drug-likeness (QED) is 0.799. The minimum atomic E-state index is -5.08. The Morgan fingerprint density at radius 3 is 2.57 bits per heavy atom. The van der Waals surface area contributed by atoms with Gasteiger partial charge in [0.2, 0.25) is 5.60 Å². The second-order valence-corrected chi connectivity index (χ2v) is 7.43. The number of benzene rings is 1. The zero-order valence-electron chi connectivity index (χ0n) is 11.6. The van der Waals surface area contributed by atoms with E-state index in [4.69, 9.17) is 11.6 Å². The predicted molar refractivity (Wildman–Crippen MR) is 85.2 cm³/mol. The fraction of sp³-hybridized carbons (Fsp3) is 0.214. The third kappa shape index (κ3) is 4.20. The largest absolute Gasteiger partial charge is 0.426 e. The number of anilines is 1. The lowest BCUT2D eigenvalue weighted by Crippen LogP contribution is -2.52. The Labute approximate surface area is 143 Å². The van der Waals surface area contributed by atoms with E-state index in [0.717, 1.165) is 9.10 Å². The number of carbonyl (C=O) groups excluding carboxylic acids is 1. The number of hydrogen-bond donors (Lipinski definition) is 2. The van der Waals surface area contributed by atoms with Gasteiger partial charge in [-0.3, -0.25) is 4.79 Å². The molecule has 23 heavy (non-hydrogen) atoms. The van der Waals surface area contributed by atoms with Crippen molar-refractivity contribution in [3.63, 3.8) is 0 Å². The van der Waals surface area contributed by atoms with E-state index in [2.05, 4.69) is 0 Å². The third-order valence-electron chi connectivity index (χ3n) is 2.90. The van der Waals surface area contributed by atoms with Gasteiger partial charge in [-0.15, -0.1) is 11.3 Å². The molecule has 0 saturated carbocycles. The SMILES string of the molecule is C[C@@](O)(C(=O)Nc1ccc(Sc2cccs2)cc1Cl)C(F)(F)F. The standard InChI is InChI=1S/C14H11ClF3NO2S2/c1-13(21,14(16,17)18)12(20)19-10-5-4-8(7-9(10)15)23-11-3-2-6-22-11/h2-7,21H,1H3,(H,19,20)/t13-/m1/s1. The summed E-state index contributed by atoms with van der Waals surface area (Å²) in [5, 5.41) is 13.3. The van der Waals surface area contributed by atoms with E-state index in [1.54, 1.807) is 6.07 Å². The summed E-state index contributed by atoms with van der Waals surface area (Å²) in [4.78, 5) is 12.4. The monoisotopic (exact) mass is 381 g/mol. The van der Waals surface area contributed by atoms with Gasteiger partial charge in [-0.05, 0) is 36.6 Å². The van der Waals surface area contributed by atoms with Crippen LogP contribution in [0.3, 0.4) is 0 Å². The average Bonchev–Trinajstić information content (AvgIpc) is 2.93. The number of nitrogens with one attached hydrogen (secondary N) is 1. The Hall–Kier alpha value is -1.22. The first-order valence-corrected chi connectivity index (χ1v) is 8.30. The van der Waals surface area contributed by atoms with Crippen molar-refractivity contribution in [1.82, 2.24) is 0 Å². The molecule has 1 atom stereocenters. The van der Waals surface area contributed by atoms with Crippen molar-refractivity contribution >= 4 is 46.3 Å². The topological polar surface area (TPSA) is 49.3 Å². The molecule has 0 spiro atoms. The molecule has 0 unspecified atom stereocenters. The molecule has 0 saturated heterocycles. The fourth-order valence-corrected chi connectivity index (χ4v) is 3.55. The molecule has 3 nitrogen and oxygen atoms in total. The van der Waals surface area contributed by atoms with E-state index in [1.807, 2.05) is 22.8 Å². The molecule has 9 heteroatoms. The zero-order valence-corrected chi connectivity index (χ0v) is 14.0. The molecule has 0 aliphatic rings. The van der Waals surface area contributed by atoms with Gasteiger partial charge in [-0.25, -0.2) is 0 Å². The van der Waals surface area contributed by atoms with E-state index < -0.39 is 17.7 Å². The number of aliphatic hydroxyl groups is 1. The number of alkyl halides is 3. The van der Waals surface area contributed by atoms with E-state index in [1.165, 1.54) is 35.2 Å². The van der Waals surface area contributed by atoms with Gasteiger partial charge >= 0.3 is 6.18 Å². The van der Waals surface area contributed by atoms with Gasteiger partial charge in [0, 0.05) is 4.90 Å². The molecule has 1 heterocycles. The molecule has 0 fully saturated rings. The zero-order chi connectivity index (χ0) is 17.3. The minimum Gasteiger partial charge on any atom is -0.373 e. The van der Waals surface area contributed by atoms with Crippen LogP contribution in [0, 0.1) is 0 Å². The lowest BCUT2D eigenvalue weighted by atomic mass is 10.1. The summed E-state index contributed by atoms with van der Waals surface area (Å²) in [7, 11) is 0. The summed E-state index contributed by atoms with van der Waals surface area (Å²) in [6, 6.07) is 8.35. The first-order chi connectivity index (χ1) is 10.6. The van der Waals surface area contributed by atoms with Gasteiger partial charge in [-0.2, -0.15) is 13.2 Å². The molecule has 1 amide bonds. The minimum absolute atomic E-state index is 0.00304. The normalized spacial score (nSPS) is 14.3. The Balaban J connectivity index is 2.14. The maximum Gasteiger partial charge on any atom is 0.426 e. The van der Waals surface area contributed by atoms with Gasteiger partial charge in [0.05, 0.1) is 14.9 Å². The van der Waals surface area contributed by atoms with Crippen molar-refractivity contribution in [1.29, 1.82) is 0 Å². The van der Waals surface area contributed by atoms with Gasteiger partial charge in [0.25, 0.3) is 5.91 Å². The van der Waals surface area contributed by atoms with Crippen LogP contribution in [0.15, 0.2) is 44.8 Å². The molecule has 0 radical (unpaired) electrons. The highest BCUT2D eigenvalue weighted by Crippen LogP contribution is 2.36. The highest BCUT2D eigenvalue weighted by molar-refractivity contribution is 8.01. The summed E-state index contributed by atoms with van der Waals surface area (Å²) >= 11 is 8.96. The van der Waals surface area contributed by atoms with Crippen LogP contribution in [0.1, 0.15) is 6.92 Å². The van der Waals surface area contributed by atoms with Crippen LogP contribution in [-0.4, -0.2) is 22.8 Å². The summed E-state index contributed by atoms with van der Waals surface area (Å²) in [5.41, 5.74) is -3.50. The molecule has 2 N–H and O–H groups in total. The second kappa shape index (κ2) is 6.72. The first kappa shape index (κ1) is 18.1. The first-order valence-electron chi connectivity index (χ1n) is 6.23. The van der Waals surface area contributed by atoms with Crippen molar-refractivity contribution in [2.24, 2.45) is 0 Å². The number of thiophene rings is 1. The van der Waals surface area contributed by atoms with Crippen LogP contribution in [0.2, 0.25) is 5.02 Å². The number of halogens is 4. The number of carbonyl (C=O) groups is 1. The van der Waals surface area contributed by atoms with Crippen molar-refractivity contribution in [3.05, 3.63) is 40.7 Å². The number of rotatable bonds is 4. The average molecular weight is 382 g/mol. The van der Waals surface area contributed by atoms with Crippen LogP contribution < -0.4 is 5.32 Å². The maximum atomic E-state index is 12.6. The maximum absolute atomic E-state index is 12.6. The van der Waals surface area contributed by atoms with Gasteiger partial charge < -0.3 is 10.4 Å². The third-order valence-corrected chi connectivity index (χ3v) is 5.24. The molecule has 1 aromatic heterocycles. The van der Waals surface area contributed by atoms with E-state index in [0.29, 0.717) is 6.92 Å². The molecule has 2 rings (SSSR count). The van der Waals surface area contributed by atoms with Crippen molar-refractivity contribution in [2.75, 3.05) is 5.32 Å². The summed E-state index contributed by atoms with van der Waals surface area (Å²) in [5.74, 6) is -1.59. The van der Waals surface area contributed by atoms with Crippen molar-refractivity contribution in [3.8, 4) is 0 Å². The molecular weight excluding hydrogens is 371 g/mol. The van der Waals surface area contributed by atoms with Crippen LogP contribution >= 0.6 is 34.7 Å². The lowest BCUT2D eigenvalue weighted by molar-refractivity contribution is -0.242. The summed E-state index contributed by atoms with van der Waals surface area (Å²) < 4.78 is 38.9. The molecule has 1 aromatic carbocycles. The molecule has 2 aromatic rings. The Morgan fingerprint density at radius 2 is 2.04 bits per heavy atom. The van der Waals surface area contributed by atoms with Crippen molar-refractivity contribution < 1.29 is 23.1 Å². The van der Waals surface area contributed by atoms with Crippen LogP contribution in [0.5, 0.6) is 0 Å². The highest BCUT2D eigenvalue weighted by Gasteiger charge is 2.55. The smallest absolute Gasteiger partial charge is 0.373 e. The van der Waals surface area contributed by atoms with Crippen LogP contribution in [-0.2, 0) is 4.79 Å². The summed E-state index contributed by atoms with van der Waals surface area (Å²) in [6.07, 6.45) is -5.08. The van der Waals surface area contributed by atoms with Crippen LogP contribution in [0.4, 0.5) is 18.9 Å².